The summed E-state index contributed by atoms with van der Waals surface area (Å²) in [4.78, 5) is 0. The number of methoxy groups -OCH3 is 1. The van der Waals surface area contributed by atoms with Crippen molar-refractivity contribution in [2.75, 3.05) is 25.6 Å². The lowest BCUT2D eigenvalue weighted by molar-refractivity contribution is 0.170. The molecule has 1 aromatic carbocycles. The Balaban J connectivity index is 1.50. The largest absolute Gasteiger partial charge is 0.496 e. The first kappa shape index (κ1) is 13.2. The fourth-order valence-corrected chi connectivity index (χ4v) is 2.41. The van der Waals surface area contributed by atoms with E-state index in [1.165, 1.54) is 0 Å². The van der Waals surface area contributed by atoms with E-state index in [-0.39, 0.29) is 0 Å². The molecule has 2 aliphatic rings. The van der Waals surface area contributed by atoms with Crippen molar-refractivity contribution >= 4 is 6.01 Å². The molecular formula is C15H17N3O4. The normalized spacial score (nSPS) is 16.4. The van der Waals surface area contributed by atoms with Gasteiger partial charge < -0.3 is 23.9 Å². The number of rotatable bonds is 5. The number of hydrogen-bond acceptors (Lipinski definition) is 7. The lowest BCUT2D eigenvalue weighted by Crippen LogP contribution is -2.16. The number of nitrogens with one attached hydrogen (secondary N) is 1. The first-order valence-electron chi connectivity index (χ1n) is 7.37. The van der Waals surface area contributed by atoms with Crippen molar-refractivity contribution in [2.45, 2.75) is 25.3 Å². The molecule has 0 atom stereocenters. The lowest BCUT2D eigenvalue weighted by Gasteiger charge is -2.20. The molecule has 1 N–H and O–H groups in total. The predicted octanol–water partition coefficient (Wildman–Crippen LogP) is 2.34. The highest BCUT2D eigenvalue weighted by Crippen LogP contribution is 2.40. The summed E-state index contributed by atoms with van der Waals surface area (Å²) >= 11 is 0. The number of hydrogen-bond donors (Lipinski definition) is 1. The first-order valence-corrected chi connectivity index (χ1v) is 7.37. The molecular weight excluding hydrogens is 286 g/mol. The minimum absolute atomic E-state index is 0.429. The van der Waals surface area contributed by atoms with Crippen molar-refractivity contribution < 1.29 is 18.6 Å². The zero-order valence-corrected chi connectivity index (χ0v) is 12.3. The number of fused-ring (bicyclic) bond motifs is 1. The fraction of sp³-hybridized carbons (Fsp3) is 0.467. The van der Waals surface area contributed by atoms with Gasteiger partial charge in [-0.05, 0) is 18.9 Å². The summed E-state index contributed by atoms with van der Waals surface area (Å²) < 4.78 is 22.2. The van der Waals surface area contributed by atoms with E-state index < -0.39 is 0 Å². The Morgan fingerprint density at radius 3 is 2.68 bits per heavy atom. The topological polar surface area (TPSA) is 78.6 Å². The van der Waals surface area contributed by atoms with Crippen molar-refractivity contribution in [3.8, 4) is 17.2 Å². The molecule has 4 rings (SSSR count). The maximum absolute atomic E-state index is 5.60. The molecule has 1 aliphatic carbocycles. The summed E-state index contributed by atoms with van der Waals surface area (Å²) in [6.07, 6.45) is 2.27. The van der Waals surface area contributed by atoms with E-state index in [2.05, 4.69) is 15.5 Å². The molecule has 2 aromatic rings. The smallest absolute Gasteiger partial charge is 0.315 e. The van der Waals surface area contributed by atoms with E-state index in [9.17, 15) is 0 Å². The van der Waals surface area contributed by atoms with Crippen LogP contribution in [-0.4, -0.2) is 30.5 Å². The van der Waals surface area contributed by atoms with Crippen molar-refractivity contribution in [2.24, 2.45) is 0 Å². The van der Waals surface area contributed by atoms with Crippen LogP contribution in [-0.2, 0) is 6.54 Å². The van der Waals surface area contributed by atoms with Gasteiger partial charge in [-0.1, -0.05) is 5.10 Å². The monoisotopic (exact) mass is 303 g/mol. The molecule has 0 saturated heterocycles. The molecule has 0 amide bonds. The van der Waals surface area contributed by atoms with Gasteiger partial charge in [0.15, 0.2) is 11.5 Å². The highest BCUT2D eigenvalue weighted by Gasteiger charge is 2.29. The van der Waals surface area contributed by atoms with Crippen LogP contribution < -0.4 is 19.5 Å². The minimum Gasteiger partial charge on any atom is -0.496 e. The zero-order valence-electron chi connectivity index (χ0n) is 12.3. The van der Waals surface area contributed by atoms with Gasteiger partial charge in [0.25, 0.3) is 0 Å². The molecule has 7 nitrogen and oxygen atoms in total. The third-order valence-electron chi connectivity index (χ3n) is 3.74. The van der Waals surface area contributed by atoms with Crippen LogP contribution in [0.25, 0.3) is 0 Å². The van der Waals surface area contributed by atoms with Crippen LogP contribution in [0.1, 0.15) is 30.2 Å². The van der Waals surface area contributed by atoms with Crippen LogP contribution in [0.2, 0.25) is 0 Å². The highest BCUT2D eigenvalue weighted by atomic mass is 16.6. The summed E-state index contributed by atoms with van der Waals surface area (Å²) in [5, 5.41) is 11.2. The highest BCUT2D eigenvalue weighted by molar-refractivity contribution is 5.52. The molecule has 7 heteroatoms. The fourth-order valence-electron chi connectivity index (χ4n) is 2.41. The third-order valence-corrected chi connectivity index (χ3v) is 3.74. The summed E-state index contributed by atoms with van der Waals surface area (Å²) in [6.45, 7) is 1.62. The van der Waals surface area contributed by atoms with Crippen molar-refractivity contribution in [1.29, 1.82) is 0 Å². The number of aromatic nitrogens is 2. The maximum Gasteiger partial charge on any atom is 0.315 e. The predicted molar refractivity (Wildman–Crippen MR) is 77.6 cm³/mol. The Bertz CT molecular complexity index is 681. The van der Waals surface area contributed by atoms with Crippen LogP contribution in [0.3, 0.4) is 0 Å². The molecule has 116 valence electrons. The Morgan fingerprint density at radius 2 is 1.95 bits per heavy atom. The van der Waals surface area contributed by atoms with Crippen molar-refractivity contribution in [3.63, 3.8) is 0 Å². The van der Waals surface area contributed by atoms with Gasteiger partial charge in [-0.2, -0.15) is 0 Å². The van der Waals surface area contributed by atoms with Crippen LogP contribution in [0, 0.1) is 0 Å². The van der Waals surface area contributed by atoms with E-state index in [0.29, 0.717) is 37.4 Å². The molecule has 1 aromatic heterocycles. The van der Waals surface area contributed by atoms with E-state index in [1.807, 2.05) is 12.1 Å². The van der Waals surface area contributed by atoms with Gasteiger partial charge in [0.05, 0.1) is 7.11 Å². The number of anilines is 1. The van der Waals surface area contributed by atoms with E-state index in [1.54, 1.807) is 7.11 Å². The average molecular weight is 303 g/mol. The van der Waals surface area contributed by atoms with Gasteiger partial charge in [-0.15, -0.1) is 5.10 Å². The maximum atomic E-state index is 5.60. The Hall–Kier alpha value is -2.44. The average Bonchev–Trinajstić information content (AvgIpc) is 3.30. The summed E-state index contributed by atoms with van der Waals surface area (Å²) in [7, 11) is 1.63. The van der Waals surface area contributed by atoms with Crippen LogP contribution in [0.5, 0.6) is 17.2 Å². The van der Waals surface area contributed by atoms with Gasteiger partial charge in [-0.25, -0.2) is 0 Å². The molecule has 0 unspecified atom stereocenters. The van der Waals surface area contributed by atoms with Gasteiger partial charge >= 0.3 is 6.01 Å². The van der Waals surface area contributed by atoms with Gasteiger partial charge in [0, 0.05) is 24.1 Å². The second-order valence-corrected chi connectivity index (χ2v) is 5.38. The molecule has 1 aliphatic heterocycles. The van der Waals surface area contributed by atoms with Crippen LogP contribution in [0.4, 0.5) is 6.01 Å². The van der Waals surface area contributed by atoms with E-state index in [0.717, 1.165) is 35.8 Å². The van der Waals surface area contributed by atoms with Gasteiger partial charge in [0.1, 0.15) is 19.0 Å². The summed E-state index contributed by atoms with van der Waals surface area (Å²) in [6, 6.07) is 4.19. The molecule has 2 heterocycles. The Labute approximate surface area is 127 Å². The minimum atomic E-state index is 0.429. The molecule has 1 fully saturated rings. The SMILES string of the molecule is COc1cc2c(cc1CNc1nnc(C3CC3)o1)OCCO2. The third kappa shape index (κ3) is 2.54. The summed E-state index contributed by atoms with van der Waals surface area (Å²) in [5.41, 5.74) is 0.943. The van der Waals surface area contributed by atoms with Crippen LogP contribution in [0.15, 0.2) is 16.5 Å². The van der Waals surface area contributed by atoms with Crippen LogP contribution >= 0.6 is 0 Å². The molecule has 1 saturated carbocycles. The molecule has 0 radical (unpaired) electrons. The quantitative estimate of drug-likeness (QED) is 0.908. The zero-order chi connectivity index (χ0) is 14.9. The number of benzene rings is 1. The molecule has 22 heavy (non-hydrogen) atoms. The molecule has 0 spiro atoms. The van der Waals surface area contributed by atoms with E-state index in [4.69, 9.17) is 18.6 Å². The standard InChI is InChI=1S/C15H17N3O4/c1-19-11-7-13-12(20-4-5-21-13)6-10(11)8-16-15-18-17-14(22-15)9-2-3-9/h6-7,9H,2-5,8H2,1H3,(H,16,18). The van der Waals surface area contributed by atoms with Crippen molar-refractivity contribution in [3.05, 3.63) is 23.6 Å². The second kappa shape index (κ2) is 5.40. The first-order chi connectivity index (χ1) is 10.8. The Morgan fingerprint density at radius 1 is 1.18 bits per heavy atom. The number of nitrogens with zero attached hydrogens (tertiary/aromatic N) is 2. The lowest BCUT2D eigenvalue weighted by atomic mass is 10.1. The summed E-state index contributed by atoms with van der Waals surface area (Å²) in [5.74, 6) is 3.34. The van der Waals surface area contributed by atoms with Gasteiger partial charge in [-0.3, -0.25) is 0 Å². The van der Waals surface area contributed by atoms with Gasteiger partial charge in [0.2, 0.25) is 5.89 Å². The Kier molecular flexibility index (Phi) is 3.25. The van der Waals surface area contributed by atoms with E-state index >= 15 is 0 Å². The molecule has 0 bridgehead atoms. The second-order valence-electron chi connectivity index (χ2n) is 5.38. The van der Waals surface area contributed by atoms with Crippen molar-refractivity contribution in [1.82, 2.24) is 10.2 Å². The number of ether oxygens (including phenoxy) is 3.